The number of hydrogen-bond donors (Lipinski definition) is 0. The molecule has 0 saturated heterocycles. The third kappa shape index (κ3) is 3.74. The van der Waals surface area contributed by atoms with Gasteiger partial charge in [-0.15, -0.1) is 11.6 Å². The van der Waals surface area contributed by atoms with E-state index in [9.17, 15) is 0 Å². The second-order valence-corrected chi connectivity index (χ2v) is 3.18. The molecule has 12 heavy (non-hydrogen) atoms. The maximum Gasteiger partial charge on any atom is 0.181 e. The van der Waals surface area contributed by atoms with Gasteiger partial charge in [0.2, 0.25) is 0 Å². The lowest BCUT2D eigenvalue weighted by Crippen LogP contribution is -2.35. The first-order chi connectivity index (χ1) is 5.74. The molecule has 0 aromatic heterocycles. The standard InChI is InChI=1S/C9H19ClO2/c1-4-5-6-7-9(8-10,11-2)12-3/h4-8H2,1-3H3. The predicted molar refractivity (Wildman–Crippen MR) is 51.6 cm³/mol. The molecule has 0 aliphatic carbocycles. The van der Waals surface area contributed by atoms with Gasteiger partial charge in [0, 0.05) is 20.6 Å². The normalized spacial score (nSPS) is 12.0. The predicted octanol–water partition coefficient (Wildman–Crippen LogP) is 2.79. The maximum atomic E-state index is 5.75. The Hall–Kier alpha value is 0.210. The first-order valence-corrected chi connectivity index (χ1v) is 4.94. The Morgan fingerprint density at radius 3 is 2.08 bits per heavy atom. The summed E-state index contributed by atoms with van der Waals surface area (Å²) < 4.78 is 10.5. The number of ether oxygens (including phenoxy) is 2. The van der Waals surface area contributed by atoms with Crippen LogP contribution in [0.1, 0.15) is 32.6 Å². The highest BCUT2D eigenvalue weighted by atomic mass is 35.5. The molecule has 0 rings (SSSR count). The van der Waals surface area contributed by atoms with Gasteiger partial charge in [-0.2, -0.15) is 0 Å². The maximum absolute atomic E-state index is 5.75. The van der Waals surface area contributed by atoms with Crippen LogP contribution in [0.2, 0.25) is 0 Å². The second kappa shape index (κ2) is 6.70. The Balaban J connectivity index is 3.76. The summed E-state index contributed by atoms with van der Waals surface area (Å²) >= 11 is 5.75. The fourth-order valence-electron chi connectivity index (χ4n) is 1.11. The third-order valence-corrected chi connectivity index (χ3v) is 2.52. The lowest BCUT2D eigenvalue weighted by atomic mass is 10.1. The van der Waals surface area contributed by atoms with Crippen LogP contribution in [0, 0.1) is 0 Å². The second-order valence-electron chi connectivity index (χ2n) is 2.91. The van der Waals surface area contributed by atoms with Crippen LogP contribution in [0.3, 0.4) is 0 Å². The van der Waals surface area contributed by atoms with Crippen LogP contribution >= 0.6 is 11.6 Å². The van der Waals surface area contributed by atoms with Crippen molar-refractivity contribution in [1.29, 1.82) is 0 Å². The van der Waals surface area contributed by atoms with Crippen molar-refractivity contribution in [2.45, 2.75) is 38.4 Å². The minimum Gasteiger partial charge on any atom is -0.352 e. The summed E-state index contributed by atoms with van der Waals surface area (Å²) in [7, 11) is 3.27. The smallest absolute Gasteiger partial charge is 0.181 e. The molecule has 0 bridgehead atoms. The fraction of sp³-hybridized carbons (Fsp3) is 1.00. The van der Waals surface area contributed by atoms with E-state index in [1.54, 1.807) is 14.2 Å². The van der Waals surface area contributed by atoms with E-state index in [0.717, 1.165) is 12.8 Å². The molecule has 0 aromatic carbocycles. The van der Waals surface area contributed by atoms with Gasteiger partial charge < -0.3 is 9.47 Å². The van der Waals surface area contributed by atoms with Crippen LogP contribution in [0.5, 0.6) is 0 Å². The Bertz CT molecular complexity index is 94.4. The van der Waals surface area contributed by atoms with Gasteiger partial charge in [-0.3, -0.25) is 0 Å². The quantitative estimate of drug-likeness (QED) is 0.353. The van der Waals surface area contributed by atoms with Crippen LogP contribution in [-0.2, 0) is 9.47 Å². The van der Waals surface area contributed by atoms with Gasteiger partial charge in [0.1, 0.15) is 0 Å². The van der Waals surface area contributed by atoms with Gasteiger partial charge in [-0.1, -0.05) is 19.8 Å². The summed E-state index contributed by atoms with van der Waals surface area (Å²) in [6, 6.07) is 0. The molecule has 3 heteroatoms. The third-order valence-electron chi connectivity index (χ3n) is 2.11. The van der Waals surface area contributed by atoms with Crippen LogP contribution in [-0.4, -0.2) is 25.9 Å². The number of alkyl halides is 1. The summed E-state index contributed by atoms with van der Waals surface area (Å²) in [4.78, 5) is 0. The zero-order chi connectivity index (χ0) is 9.45. The van der Waals surface area contributed by atoms with E-state index in [2.05, 4.69) is 6.92 Å². The number of halogens is 1. The van der Waals surface area contributed by atoms with Crippen molar-refractivity contribution in [3.63, 3.8) is 0 Å². The van der Waals surface area contributed by atoms with Crippen molar-refractivity contribution in [2.75, 3.05) is 20.1 Å². The monoisotopic (exact) mass is 194 g/mol. The van der Waals surface area contributed by atoms with E-state index in [0.29, 0.717) is 5.88 Å². The number of unbranched alkanes of at least 4 members (excludes halogenated alkanes) is 2. The first kappa shape index (κ1) is 12.2. The zero-order valence-electron chi connectivity index (χ0n) is 8.23. The van der Waals surface area contributed by atoms with Crippen LogP contribution in [0.4, 0.5) is 0 Å². The van der Waals surface area contributed by atoms with E-state index >= 15 is 0 Å². The molecule has 0 aliphatic rings. The van der Waals surface area contributed by atoms with E-state index in [4.69, 9.17) is 21.1 Å². The lowest BCUT2D eigenvalue weighted by molar-refractivity contribution is -0.194. The van der Waals surface area contributed by atoms with Gasteiger partial charge in [-0.25, -0.2) is 0 Å². The van der Waals surface area contributed by atoms with Crippen molar-refractivity contribution in [2.24, 2.45) is 0 Å². The van der Waals surface area contributed by atoms with Crippen molar-refractivity contribution < 1.29 is 9.47 Å². The molecule has 0 fully saturated rings. The Morgan fingerprint density at radius 1 is 1.17 bits per heavy atom. The molecule has 0 amide bonds. The molecule has 0 unspecified atom stereocenters. The largest absolute Gasteiger partial charge is 0.352 e. The van der Waals surface area contributed by atoms with Gasteiger partial charge in [0.15, 0.2) is 5.79 Å². The van der Waals surface area contributed by atoms with Crippen LogP contribution in [0.15, 0.2) is 0 Å². The van der Waals surface area contributed by atoms with Gasteiger partial charge >= 0.3 is 0 Å². The highest BCUT2D eigenvalue weighted by Gasteiger charge is 2.27. The van der Waals surface area contributed by atoms with Gasteiger partial charge in [-0.05, 0) is 6.42 Å². The highest BCUT2D eigenvalue weighted by Crippen LogP contribution is 2.21. The Kier molecular flexibility index (Phi) is 6.81. The number of hydrogen-bond acceptors (Lipinski definition) is 2. The molecule has 2 nitrogen and oxygen atoms in total. The summed E-state index contributed by atoms with van der Waals surface area (Å²) in [5, 5.41) is 0. The zero-order valence-corrected chi connectivity index (χ0v) is 8.99. The molecule has 0 heterocycles. The molecular weight excluding hydrogens is 176 g/mol. The molecule has 0 aromatic rings. The number of methoxy groups -OCH3 is 2. The molecule has 0 saturated carbocycles. The molecular formula is C9H19ClO2. The first-order valence-electron chi connectivity index (χ1n) is 4.41. The Morgan fingerprint density at radius 2 is 1.75 bits per heavy atom. The molecule has 0 spiro atoms. The fourth-order valence-corrected chi connectivity index (χ4v) is 1.46. The summed E-state index contributed by atoms with van der Waals surface area (Å²) in [6.45, 7) is 2.17. The van der Waals surface area contributed by atoms with Crippen molar-refractivity contribution in [3.05, 3.63) is 0 Å². The van der Waals surface area contributed by atoms with Crippen LogP contribution < -0.4 is 0 Å². The van der Waals surface area contributed by atoms with E-state index in [-0.39, 0.29) is 0 Å². The van der Waals surface area contributed by atoms with E-state index < -0.39 is 5.79 Å². The van der Waals surface area contributed by atoms with Gasteiger partial charge in [0.05, 0.1) is 5.88 Å². The van der Waals surface area contributed by atoms with Crippen molar-refractivity contribution in [1.82, 2.24) is 0 Å². The average Bonchev–Trinajstić information content (AvgIpc) is 2.14. The summed E-state index contributed by atoms with van der Waals surface area (Å²) in [5.74, 6) is -0.166. The van der Waals surface area contributed by atoms with Crippen LogP contribution in [0.25, 0.3) is 0 Å². The minimum atomic E-state index is -0.559. The highest BCUT2D eigenvalue weighted by molar-refractivity contribution is 6.18. The minimum absolute atomic E-state index is 0.393. The van der Waals surface area contributed by atoms with E-state index in [1.807, 2.05) is 0 Å². The number of rotatable bonds is 7. The molecule has 74 valence electrons. The SMILES string of the molecule is CCCCCC(CCl)(OC)OC. The van der Waals surface area contributed by atoms with Gasteiger partial charge in [0.25, 0.3) is 0 Å². The molecule has 0 atom stereocenters. The average molecular weight is 195 g/mol. The van der Waals surface area contributed by atoms with E-state index in [1.165, 1.54) is 12.8 Å². The molecule has 0 radical (unpaired) electrons. The Labute approximate surface area is 80.2 Å². The summed E-state index contributed by atoms with van der Waals surface area (Å²) in [5.41, 5.74) is 0. The topological polar surface area (TPSA) is 18.5 Å². The summed E-state index contributed by atoms with van der Waals surface area (Å²) in [6.07, 6.45) is 4.37. The van der Waals surface area contributed by atoms with Crippen molar-refractivity contribution >= 4 is 11.6 Å². The lowest BCUT2D eigenvalue weighted by Gasteiger charge is -2.28. The van der Waals surface area contributed by atoms with Crippen molar-refractivity contribution in [3.8, 4) is 0 Å². The molecule has 0 aliphatic heterocycles. The molecule has 0 N–H and O–H groups in total.